The second-order valence-electron chi connectivity index (χ2n) is 3.34. The molecule has 0 aliphatic heterocycles. The average Bonchev–Trinajstić information content (AvgIpc) is 2.68. The lowest BCUT2D eigenvalue weighted by molar-refractivity contribution is 0.0726. The van der Waals surface area contributed by atoms with Crippen molar-refractivity contribution in [1.29, 1.82) is 5.26 Å². The Morgan fingerprint density at radius 2 is 2.46 bits per heavy atom. The molecule has 1 rings (SSSR count). The molecule has 0 aliphatic rings. The standard InChI is InChI=1S/C10H13NOS/c1-3-10(2,7-11)9(12)8-4-5-13-6-8/h4-6,9,12H,3H2,1-2H3. The van der Waals surface area contributed by atoms with Gasteiger partial charge in [-0.25, -0.2) is 0 Å². The lowest BCUT2D eigenvalue weighted by Crippen LogP contribution is -2.22. The van der Waals surface area contributed by atoms with E-state index in [4.69, 9.17) is 5.26 Å². The molecule has 0 aliphatic carbocycles. The Labute approximate surface area is 82.4 Å². The van der Waals surface area contributed by atoms with Crippen molar-refractivity contribution in [3.8, 4) is 6.07 Å². The zero-order valence-electron chi connectivity index (χ0n) is 7.82. The van der Waals surface area contributed by atoms with Crippen molar-refractivity contribution in [3.05, 3.63) is 22.4 Å². The molecule has 2 unspecified atom stereocenters. The molecule has 0 saturated heterocycles. The van der Waals surface area contributed by atoms with Gasteiger partial charge in [-0.2, -0.15) is 16.6 Å². The third kappa shape index (κ3) is 1.90. The first-order valence-electron chi connectivity index (χ1n) is 4.25. The Kier molecular flexibility index (Phi) is 3.07. The number of hydrogen-bond acceptors (Lipinski definition) is 3. The Morgan fingerprint density at radius 1 is 1.77 bits per heavy atom. The number of thiophene rings is 1. The zero-order valence-corrected chi connectivity index (χ0v) is 8.64. The highest BCUT2D eigenvalue weighted by Crippen LogP contribution is 2.36. The maximum atomic E-state index is 9.91. The van der Waals surface area contributed by atoms with E-state index in [1.165, 1.54) is 11.3 Å². The number of hydrogen-bond donors (Lipinski definition) is 1. The van der Waals surface area contributed by atoms with Crippen molar-refractivity contribution in [1.82, 2.24) is 0 Å². The highest BCUT2D eigenvalue weighted by molar-refractivity contribution is 7.07. The van der Waals surface area contributed by atoms with Crippen LogP contribution in [0.25, 0.3) is 0 Å². The second-order valence-corrected chi connectivity index (χ2v) is 4.12. The highest BCUT2D eigenvalue weighted by atomic mass is 32.1. The van der Waals surface area contributed by atoms with Crippen LogP contribution in [-0.4, -0.2) is 5.11 Å². The Hall–Kier alpha value is -0.850. The fourth-order valence-electron chi connectivity index (χ4n) is 1.13. The normalized spacial score (nSPS) is 17.4. The molecule has 2 atom stereocenters. The Bertz CT molecular complexity index is 301. The minimum Gasteiger partial charge on any atom is -0.387 e. The van der Waals surface area contributed by atoms with E-state index in [0.717, 1.165) is 5.56 Å². The van der Waals surface area contributed by atoms with Crippen LogP contribution in [0.1, 0.15) is 31.9 Å². The van der Waals surface area contributed by atoms with Gasteiger partial charge in [-0.3, -0.25) is 0 Å². The Morgan fingerprint density at radius 3 is 2.85 bits per heavy atom. The van der Waals surface area contributed by atoms with Gasteiger partial charge in [0, 0.05) is 0 Å². The molecule has 70 valence electrons. The molecule has 1 aromatic heterocycles. The third-order valence-corrected chi connectivity index (χ3v) is 3.15. The van der Waals surface area contributed by atoms with Crippen molar-refractivity contribution in [2.45, 2.75) is 26.4 Å². The van der Waals surface area contributed by atoms with Gasteiger partial charge in [0.2, 0.25) is 0 Å². The highest BCUT2D eigenvalue weighted by Gasteiger charge is 2.32. The van der Waals surface area contributed by atoms with Crippen molar-refractivity contribution in [2.24, 2.45) is 5.41 Å². The molecule has 0 amide bonds. The second kappa shape index (κ2) is 3.91. The van der Waals surface area contributed by atoms with Crippen LogP contribution in [0.3, 0.4) is 0 Å². The van der Waals surface area contributed by atoms with Gasteiger partial charge in [0.15, 0.2) is 0 Å². The quantitative estimate of drug-likeness (QED) is 0.806. The fourth-order valence-corrected chi connectivity index (χ4v) is 1.81. The SMILES string of the molecule is CCC(C)(C#N)C(O)c1ccsc1. The van der Waals surface area contributed by atoms with Gasteiger partial charge in [0.05, 0.1) is 17.6 Å². The molecule has 1 N–H and O–H groups in total. The van der Waals surface area contributed by atoms with Gasteiger partial charge in [-0.1, -0.05) is 6.92 Å². The molecule has 0 radical (unpaired) electrons. The summed E-state index contributed by atoms with van der Waals surface area (Å²) in [5.74, 6) is 0. The minimum atomic E-state index is -0.672. The predicted octanol–water partition coefficient (Wildman–Crippen LogP) is 2.72. The Balaban J connectivity index is 2.90. The van der Waals surface area contributed by atoms with E-state index in [1.54, 1.807) is 6.92 Å². The zero-order chi connectivity index (χ0) is 9.90. The summed E-state index contributed by atoms with van der Waals surface area (Å²) in [7, 11) is 0. The average molecular weight is 195 g/mol. The summed E-state index contributed by atoms with van der Waals surface area (Å²) in [6.45, 7) is 3.70. The van der Waals surface area contributed by atoms with E-state index in [-0.39, 0.29) is 0 Å². The van der Waals surface area contributed by atoms with Crippen LogP contribution < -0.4 is 0 Å². The van der Waals surface area contributed by atoms with Crippen LogP contribution in [0, 0.1) is 16.7 Å². The van der Waals surface area contributed by atoms with Crippen molar-refractivity contribution in [3.63, 3.8) is 0 Å². The largest absolute Gasteiger partial charge is 0.387 e. The summed E-state index contributed by atoms with van der Waals surface area (Å²) >= 11 is 1.54. The first-order valence-corrected chi connectivity index (χ1v) is 5.19. The van der Waals surface area contributed by atoms with Crippen LogP contribution in [0.4, 0.5) is 0 Å². The number of nitriles is 1. The van der Waals surface area contributed by atoms with Gasteiger partial charge in [-0.05, 0) is 35.7 Å². The molecule has 13 heavy (non-hydrogen) atoms. The molecule has 0 aromatic carbocycles. The summed E-state index contributed by atoms with van der Waals surface area (Å²) in [5, 5.41) is 22.7. The van der Waals surface area contributed by atoms with Crippen molar-refractivity contribution < 1.29 is 5.11 Å². The molecule has 0 spiro atoms. The molecule has 0 saturated carbocycles. The van der Waals surface area contributed by atoms with Gasteiger partial charge < -0.3 is 5.11 Å². The number of aliphatic hydroxyl groups is 1. The summed E-state index contributed by atoms with van der Waals surface area (Å²) in [5.41, 5.74) is 0.178. The van der Waals surface area contributed by atoms with E-state index in [1.807, 2.05) is 23.8 Å². The van der Waals surface area contributed by atoms with Crippen molar-refractivity contribution >= 4 is 11.3 Å². The predicted molar refractivity (Wildman–Crippen MR) is 53.3 cm³/mol. The maximum absolute atomic E-state index is 9.91. The lowest BCUT2D eigenvalue weighted by atomic mass is 9.81. The molecular weight excluding hydrogens is 182 g/mol. The first-order chi connectivity index (χ1) is 6.14. The van der Waals surface area contributed by atoms with Crippen LogP contribution in [0.15, 0.2) is 16.8 Å². The monoisotopic (exact) mass is 195 g/mol. The number of rotatable bonds is 3. The number of aliphatic hydroxyl groups excluding tert-OH is 1. The van der Waals surface area contributed by atoms with E-state index in [2.05, 4.69) is 6.07 Å². The smallest absolute Gasteiger partial charge is 0.0981 e. The molecular formula is C10H13NOS. The topological polar surface area (TPSA) is 44.0 Å². The third-order valence-electron chi connectivity index (χ3n) is 2.45. The summed E-state index contributed by atoms with van der Waals surface area (Å²) < 4.78 is 0. The molecule has 1 heterocycles. The lowest BCUT2D eigenvalue weighted by Gasteiger charge is -2.25. The van der Waals surface area contributed by atoms with E-state index in [9.17, 15) is 5.11 Å². The van der Waals surface area contributed by atoms with Crippen LogP contribution in [-0.2, 0) is 0 Å². The minimum absolute atomic E-state index is 0.653. The summed E-state index contributed by atoms with van der Waals surface area (Å²) in [4.78, 5) is 0. The van der Waals surface area contributed by atoms with E-state index < -0.39 is 11.5 Å². The van der Waals surface area contributed by atoms with Crippen LogP contribution in [0.2, 0.25) is 0 Å². The van der Waals surface area contributed by atoms with Gasteiger partial charge in [0.1, 0.15) is 0 Å². The van der Waals surface area contributed by atoms with Gasteiger partial charge in [0.25, 0.3) is 0 Å². The van der Waals surface area contributed by atoms with Gasteiger partial charge in [-0.15, -0.1) is 0 Å². The van der Waals surface area contributed by atoms with Crippen molar-refractivity contribution in [2.75, 3.05) is 0 Å². The summed E-state index contributed by atoms with van der Waals surface area (Å²) in [6, 6.07) is 4.03. The first kappa shape index (κ1) is 10.2. The van der Waals surface area contributed by atoms with Gasteiger partial charge >= 0.3 is 0 Å². The number of nitrogens with zero attached hydrogens (tertiary/aromatic N) is 1. The van der Waals surface area contributed by atoms with E-state index >= 15 is 0 Å². The molecule has 3 heteroatoms. The maximum Gasteiger partial charge on any atom is 0.0981 e. The van der Waals surface area contributed by atoms with E-state index in [0.29, 0.717) is 6.42 Å². The fraction of sp³-hybridized carbons (Fsp3) is 0.500. The van der Waals surface area contributed by atoms with Crippen LogP contribution in [0.5, 0.6) is 0 Å². The van der Waals surface area contributed by atoms with Crippen LogP contribution >= 0.6 is 11.3 Å². The summed E-state index contributed by atoms with van der Waals surface area (Å²) in [6.07, 6.45) is -0.0192. The molecule has 1 aromatic rings. The molecule has 0 fully saturated rings. The molecule has 2 nitrogen and oxygen atoms in total. The molecule has 0 bridgehead atoms.